The van der Waals surface area contributed by atoms with E-state index in [2.05, 4.69) is 72.3 Å². The molecule has 2 aromatic heterocycles. The van der Waals surface area contributed by atoms with Gasteiger partial charge >= 0.3 is 0 Å². The predicted molar refractivity (Wildman–Crippen MR) is 112 cm³/mol. The number of para-hydroxylation sites is 1. The minimum absolute atomic E-state index is 0.675. The summed E-state index contributed by atoms with van der Waals surface area (Å²) >= 11 is 0. The first-order chi connectivity index (χ1) is 13.8. The monoisotopic (exact) mass is 373 g/mol. The maximum atomic E-state index is 4.31. The molecule has 0 aliphatic rings. The largest absolute Gasteiger partial charge is 0.361 e. The first-order valence-electron chi connectivity index (χ1n) is 9.27. The predicted octanol–water partition coefficient (Wildman–Crippen LogP) is 2.86. The van der Waals surface area contributed by atoms with Crippen LogP contribution < -0.4 is 10.6 Å². The number of nitrogens with one attached hydrogen (secondary N) is 4. The highest BCUT2D eigenvalue weighted by Crippen LogP contribution is 2.18. The summed E-state index contributed by atoms with van der Waals surface area (Å²) in [5.41, 5.74) is 4.64. The quantitative estimate of drug-likeness (QED) is 0.309. The third kappa shape index (κ3) is 4.03. The number of fused-ring (bicyclic) bond motifs is 1. The Kier molecular flexibility index (Phi) is 5.33. The van der Waals surface area contributed by atoms with Gasteiger partial charge in [-0.05, 0) is 29.7 Å². The van der Waals surface area contributed by atoms with Gasteiger partial charge in [0.1, 0.15) is 6.33 Å². The van der Waals surface area contributed by atoms with E-state index in [1.807, 2.05) is 18.2 Å². The Hall–Kier alpha value is -3.61. The topological polar surface area (TPSA) is 93.8 Å². The van der Waals surface area contributed by atoms with Gasteiger partial charge in [-0.3, -0.25) is 10.1 Å². The number of nitrogens with zero attached hydrogens (tertiary/aromatic N) is 3. The Labute approximate surface area is 163 Å². The lowest BCUT2D eigenvalue weighted by Crippen LogP contribution is -2.37. The zero-order chi connectivity index (χ0) is 19.2. The molecule has 2 heterocycles. The van der Waals surface area contributed by atoms with E-state index in [1.165, 1.54) is 22.8 Å². The molecular weight excluding hydrogens is 350 g/mol. The van der Waals surface area contributed by atoms with Crippen molar-refractivity contribution in [2.24, 2.45) is 4.99 Å². The van der Waals surface area contributed by atoms with E-state index in [-0.39, 0.29) is 0 Å². The Morgan fingerprint density at radius 3 is 2.89 bits per heavy atom. The zero-order valence-electron chi connectivity index (χ0n) is 15.7. The van der Waals surface area contributed by atoms with Gasteiger partial charge in [0, 0.05) is 42.8 Å². The Morgan fingerprint density at radius 1 is 1.11 bits per heavy atom. The number of rotatable bonds is 6. The molecule has 28 heavy (non-hydrogen) atoms. The molecular formula is C21H23N7. The molecule has 142 valence electrons. The molecule has 0 radical (unpaired) electrons. The van der Waals surface area contributed by atoms with Gasteiger partial charge in [-0.25, -0.2) is 4.98 Å². The first-order valence-corrected chi connectivity index (χ1v) is 9.27. The minimum atomic E-state index is 0.675. The molecule has 0 fully saturated rings. The lowest BCUT2D eigenvalue weighted by Gasteiger charge is -2.12. The average Bonchev–Trinajstić information content (AvgIpc) is 3.41. The van der Waals surface area contributed by atoms with E-state index in [0.29, 0.717) is 6.54 Å². The summed E-state index contributed by atoms with van der Waals surface area (Å²) in [4.78, 5) is 11.8. The van der Waals surface area contributed by atoms with Crippen molar-refractivity contribution in [3.8, 4) is 11.4 Å². The van der Waals surface area contributed by atoms with Crippen molar-refractivity contribution in [1.29, 1.82) is 0 Å². The maximum Gasteiger partial charge on any atom is 0.191 e. The number of H-pyrrole nitrogens is 2. The number of benzene rings is 2. The van der Waals surface area contributed by atoms with Crippen molar-refractivity contribution in [2.75, 3.05) is 13.6 Å². The summed E-state index contributed by atoms with van der Waals surface area (Å²) in [6, 6.07) is 16.6. The normalized spacial score (nSPS) is 11.7. The summed E-state index contributed by atoms with van der Waals surface area (Å²) in [6.07, 6.45) is 4.52. The number of aliphatic imine (C=N–C) groups is 1. The summed E-state index contributed by atoms with van der Waals surface area (Å²) in [7, 11) is 1.78. The number of hydrogen-bond acceptors (Lipinski definition) is 3. The number of aromatic nitrogens is 4. The fourth-order valence-corrected chi connectivity index (χ4v) is 3.23. The van der Waals surface area contributed by atoms with Crippen LogP contribution in [-0.2, 0) is 13.0 Å². The molecule has 0 spiro atoms. The van der Waals surface area contributed by atoms with Crippen molar-refractivity contribution >= 4 is 16.9 Å². The van der Waals surface area contributed by atoms with E-state index in [4.69, 9.17) is 0 Å². The van der Waals surface area contributed by atoms with Crippen LogP contribution in [0.15, 0.2) is 66.0 Å². The van der Waals surface area contributed by atoms with Gasteiger partial charge in [-0.2, -0.15) is 5.10 Å². The lowest BCUT2D eigenvalue weighted by molar-refractivity contribution is 0.796. The number of aromatic amines is 2. The lowest BCUT2D eigenvalue weighted by atomic mass is 10.1. The van der Waals surface area contributed by atoms with Crippen molar-refractivity contribution in [1.82, 2.24) is 30.8 Å². The van der Waals surface area contributed by atoms with Gasteiger partial charge in [0.25, 0.3) is 0 Å². The molecule has 2 aromatic carbocycles. The second-order valence-corrected chi connectivity index (χ2v) is 6.50. The van der Waals surface area contributed by atoms with E-state index >= 15 is 0 Å². The van der Waals surface area contributed by atoms with Crippen molar-refractivity contribution in [3.05, 3.63) is 72.2 Å². The van der Waals surface area contributed by atoms with Crippen LogP contribution in [0.4, 0.5) is 0 Å². The molecule has 0 saturated heterocycles. The highest BCUT2D eigenvalue weighted by Gasteiger charge is 2.05. The van der Waals surface area contributed by atoms with E-state index in [0.717, 1.165) is 35.9 Å². The van der Waals surface area contributed by atoms with Crippen LogP contribution in [-0.4, -0.2) is 39.7 Å². The van der Waals surface area contributed by atoms with Crippen LogP contribution in [0.3, 0.4) is 0 Å². The highest BCUT2D eigenvalue weighted by atomic mass is 15.2. The minimum Gasteiger partial charge on any atom is -0.361 e. The van der Waals surface area contributed by atoms with Crippen LogP contribution in [0, 0.1) is 0 Å². The smallest absolute Gasteiger partial charge is 0.191 e. The fourth-order valence-electron chi connectivity index (χ4n) is 3.23. The Bertz CT molecular complexity index is 1060. The van der Waals surface area contributed by atoms with E-state index in [1.54, 1.807) is 7.05 Å². The summed E-state index contributed by atoms with van der Waals surface area (Å²) in [5, 5.41) is 14.8. The van der Waals surface area contributed by atoms with Gasteiger partial charge in [-0.15, -0.1) is 0 Å². The molecule has 0 amide bonds. The van der Waals surface area contributed by atoms with Gasteiger partial charge in [-0.1, -0.05) is 36.4 Å². The maximum absolute atomic E-state index is 4.31. The summed E-state index contributed by atoms with van der Waals surface area (Å²) < 4.78 is 0. The van der Waals surface area contributed by atoms with Crippen LogP contribution in [0.5, 0.6) is 0 Å². The third-order valence-corrected chi connectivity index (χ3v) is 4.66. The molecule has 0 atom stereocenters. The number of guanidine groups is 1. The van der Waals surface area contributed by atoms with Crippen LogP contribution >= 0.6 is 0 Å². The molecule has 7 nitrogen and oxygen atoms in total. The Balaban J connectivity index is 1.31. The van der Waals surface area contributed by atoms with Crippen LogP contribution in [0.1, 0.15) is 11.1 Å². The number of hydrogen-bond donors (Lipinski definition) is 4. The third-order valence-electron chi connectivity index (χ3n) is 4.66. The summed E-state index contributed by atoms with van der Waals surface area (Å²) in [6.45, 7) is 1.48. The van der Waals surface area contributed by atoms with Gasteiger partial charge in [0.15, 0.2) is 11.8 Å². The molecule has 7 heteroatoms. The summed E-state index contributed by atoms with van der Waals surface area (Å²) in [5.74, 6) is 1.55. The van der Waals surface area contributed by atoms with Crippen molar-refractivity contribution in [3.63, 3.8) is 0 Å². The molecule has 0 unspecified atom stereocenters. The van der Waals surface area contributed by atoms with Gasteiger partial charge in [0.05, 0.1) is 0 Å². The van der Waals surface area contributed by atoms with E-state index < -0.39 is 0 Å². The van der Waals surface area contributed by atoms with E-state index in [9.17, 15) is 0 Å². The molecule has 0 saturated carbocycles. The highest BCUT2D eigenvalue weighted by molar-refractivity contribution is 5.83. The van der Waals surface area contributed by atoms with Crippen LogP contribution in [0.25, 0.3) is 22.3 Å². The van der Waals surface area contributed by atoms with Crippen molar-refractivity contribution in [2.45, 2.75) is 13.0 Å². The van der Waals surface area contributed by atoms with Crippen molar-refractivity contribution < 1.29 is 0 Å². The molecule has 4 N–H and O–H groups in total. The molecule has 0 bridgehead atoms. The molecule has 4 rings (SSSR count). The van der Waals surface area contributed by atoms with Gasteiger partial charge < -0.3 is 15.6 Å². The van der Waals surface area contributed by atoms with Gasteiger partial charge in [0.2, 0.25) is 0 Å². The van der Waals surface area contributed by atoms with Crippen LogP contribution in [0.2, 0.25) is 0 Å². The Morgan fingerprint density at radius 2 is 2.04 bits per heavy atom. The molecule has 0 aliphatic heterocycles. The fraction of sp³-hybridized carbons (Fsp3) is 0.190. The second kappa shape index (κ2) is 8.39. The standard InChI is InChI=1S/C21H23N7/c1-22-21(23-10-9-17-13-24-19-8-3-2-7-18(17)19)25-12-15-5-4-6-16(11-15)20-26-14-27-28-20/h2-8,11,13-14,24H,9-10,12H2,1H3,(H2,22,23,25)(H,26,27,28). The first kappa shape index (κ1) is 17.8. The second-order valence-electron chi connectivity index (χ2n) is 6.50. The molecule has 0 aliphatic carbocycles. The zero-order valence-corrected chi connectivity index (χ0v) is 15.7. The molecule has 4 aromatic rings. The average molecular weight is 373 g/mol. The SMILES string of the molecule is CN=C(NCCc1c[nH]c2ccccc12)NCc1cccc(-c2ncn[nH]2)c1.